The largest absolute Gasteiger partial charge is 0.395 e. The summed E-state index contributed by atoms with van der Waals surface area (Å²) in [6, 6.07) is 0.541. The number of hydrogen-bond acceptors (Lipinski definition) is 3. The van der Waals surface area contributed by atoms with Gasteiger partial charge >= 0.3 is 0 Å². The predicted molar refractivity (Wildman–Crippen MR) is 75.9 cm³/mol. The minimum atomic E-state index is 0.149. The minimum absolute atomic E-state index is 0.149. The van der Waals surface area contributed by atoms with E-state index in [1.54, 1.807) is 0 Å². The van der Waals surface area contributed by atoms with Crippen molar-refractivity contribution in [1.29, 1.82) is 0 Å². The van der Waals surface area contributed by atoms with Gasteiger partial charge in [0.25, 0.3) is 0 Å². The molecular formula is C15H28N2O2. The molecule has 0 heterocycles. The quantitative estimate of drug-likeness (QED) is 0.760. The molecule has 0 saturated heterocycles. The number of carbonyl (C=O) groups is 1. The molecule has 0 atom stereocenters. The molecule has 0 aliphatic heterocycles. The molecule has 0 aromatic rings. The number of hydrogen-bond donors (Lipinski definition) is 1. The topological polar surface area (TPSA) is 43.8 Å². The van der Waals surface area contributed by atoms with Crippen LogP contribution in [0.5, 0.6) is 0 Å². The zero-order chi connectivity index (χ0) is 13.7. The third-order valence-electron chi connectivity index (χ3n) is 4.47. The third kappa shape index (κ3) is 4.77. The highest BCUT2D eigenvalue weighted by atomic mass is 16.3. The van der Waals surface area contributed by atoms with Crippen LogP contribution in [0.15, 0.2) is 0 Å². The Morgan fingerprint density at radius 1 is 1.16 bits per heavy atom. The van der Waals surface area contributed by atoms with Crippen molar-refractivity contribution in [3.05, 3.63) is 0 Å². The van der Waals surface area contributed by atoms with Crippen molar-refractivity contribution in [2.45, 2.75) is 51.0 Å². The lowest BCUT2D eigenvalue weighted by atomic mass is 9.89. The molecule has 2 aliphatic carbocycles. The lowest BCUT2D eigenvalue weighted by molar-refractivity contribution is -0.132. The molecule has 2 saturated carbocycles. The van der Waals surface area contributed by atoms with Gasteiger partial charge in [-0.1, -0.05) is 19.3 Å². The molecule has 0 aromatic carbocycles. The van der Waals surface area contributed by atoms with Crippen LogP contribution in [-0.2, 0) is 4.79 Å². The van der Waals surface area contributed by atoms with Gasteiger partial charge in [-0.15, -0.1) is 0 Å². The Balaban J connectivity index is 1.73. The van der Waals surface area contributed by atoms with E-state index in [9.17, 15) is 4.79 Å². The molecule has 1 amide bonds. The molecule has 4 heteroatoms. The van der Waals surface area contributed by atoms with Gasteiger partial charge < -0.3 is 10.0 Å². The molecule has 19 heavy (non-hydrogen) atoms. The van der Waals surface area contributed by atoms with Gasteiger partial charge in [0, 0.05) is 26.2 Å². The molecule has 0 aromatic heterocycles. The van der Waals surface area contributed by atoms with Crippen LogP contribution in [0.3, 0.4) is 0 Å². The van der Waals surface area contributed by atoms with Crippen molar-refractivity contribution in [3.8, 4) is 0 Å². The van der Waals surface area contributed by atoms with E-state index < -0.39 is 0 Å². The van der Waals surface area contributed by atoms with Crippen LogP contribution in [0.2, 0.25) is 0 Å². The molecular weight excluding hydrogens is 240 g/mol. The summed E-state index contributed by atoms with van der Waals surface area (Å²) in [6.07, 6.45) is 8.93. The van der Waals surface area contributed by atoms with Gasteiger partial charge in [0.05, 0.1) is 13.2 Å². The Morgan fingerprint density at radius 2 is 1.84 bits per heavy atom. The Morgan fingerprint density at radius 3 is 2.42 bits per heavy atom. The van der Waals surface area contributed by atoms with Crippen molar-refractivity contribution < 1.29 is 9.90 Å². The van der Waals surface area contributed by atoms with Gasteiger partial charge in [-0.25, -0.2) is 0 Å². The number of aliphatic hydroxyl groups is 1. The summed E-state index contributed by atoms with van der Waals surface area (Å²) < 4.78 is 0. The van der Waals surface area contributed by atoms with Crippen molar-refractivity contribution >= 4 is 5.91 Å². The second-order valence-corrected chi connectivity index (χ2v) is 6.20. The van der Waals surface area contributed by atoms with Crippen LogP contribution in [0.4, 0.5) is 0 Å². The van der Waals surface area contributed by atoms with Crippen LogP contribution in [0.1, 0.15) is 44.9 Å². The fourth-order valence-electron chi connectivity index (χ4n) is 3.11. The average Bonchev–Trinajstić information content (AvgIpc) is 3.23. The Hall–Kier alpha value is -0.610. The average molecular weight is 268 g/mol. The van der Waals surface area contributed by atoms with Gasteiger partial charge in [-0.2, -0.15) is 0 Å². The molecule has 1 N–H and O–H groups in total. The molecule has 0 radical (unpaired) electrons. The summed E-state index contributed by atoms with van der Waals surface area (Å²) in [7, 11) is 1.93. The lowest BCUT2D eigenvalue weighted by Gasteiger charge is -2.29. The molecule has 2 aliphatic rings. The van der Waals surface area contributed by atoms with Gasteiger partial charge in [-0.05, 0) is 31.6 Å². The van der Waals surface area contributed by atoms with Crippen LogP contribution in [0, 0.1) is 5.92 Å². The van der Waals surface area contributed by atoms with Gasteiger partial charge in [0.1, 0.15) is 0 Å². The number of amides is 1. The van der Waals surface area contributed by atoms with Crippen molar-refractivity contribution in [3.63, 3.8) is 0 Å². The molecule has 2 rings (SSSR count). The minimum Gasteiger partial charge on any atom is -0.395 e. The summed E-state index contributed by atoms with van der Waals surface area (Å²) in [4.78, 5) is 16.3. The van der Waals surface area contributed by atoms with E-state index in [-0.39, 0.29) is 12.5 Å². The first-order valence-electron chi connectivity index (χ1n) is 7.79. The third-order valence-corrected chi connectivity index (χ3v) is 4.47. The standard InChI is InChI=1S/C15H28N2O2/c1-16(11-13-5-3-2-4-6-13)15(19)12-17(9-10-18)14-7-8-14/h13-14,18H,2-12H2,1H3. The van der Waals surface area contributed by atoms with Gasteiger partial charge in [0.2, 0.25) is 5.91 Å². The first kappa shape index (κ1) is 14.8. The van der Waals surface area contributed by atoms with Gasteiger partial charge in [-0.3, -0.25) is 9.69 Å². The summed E-state index contributed by atoms with van der Waals surface area (Å²) in [5, 5.41) is 9.06. The molecule has 2 fully saturated rings. The highest BCUT2D eigenvalue weighted by molar-refractivity contribution is 5.78. The van der Waals surface area contributed by atoms with Crippen LogP contribution >= 0.6 is 0 Å². The van der Waals surface area contributed by atoms with Crippen molar-refractivity contribution in [1.82, 2.24) is 9.80 Å². The zero-order valence-corrected chi connectivity index (χ0v) is 12.2. The van der Waals surface area contributed by atoms with E-state index in [1.807, 2.05) is 11.9 Å². The number of rotatable bonds is 7. The van der Waals surface area contributed by atoms with E-state index in [2.05, 4.69) is 4.90 Å². The Bertz CT molecular complexity index is 286. The SMILES string of the molecule is CN(CC1CCCCC1)C(=O)CN(CCO)C1CC1. The lowest BCUT2D eigenvalue weighted by Crippen LogP contribution is -2.42. The maximum absolute atomic E-state index is 12.2. The van der Waals surface area contributed by atoms with Crippen LogP contribution in [-0.4, -0.2) is 60.1 Å². The highest BCUT2D eigenvalue weighted by Crippen LogP contribution is 2.27. The number of carbonyl (C=O) groups excluding carboxylic acids is 1. The summed E-state index contributed by atoms with van der Waals surface area (Å²) in [6.45, 7) is 2.18. The number of likely N-dealkylation sites (N-methyl/N-ethyl adjacent to an activating group) is 1. The maximum Gasteiger partial charge on any atom is 0.236 e. The van der Waals surface area contributed by atoms with Crippen LogP contribution in [0.25, 0.3) is 0 Å². The molecule has 4 nitrogen and oxygen atoms in total. The Labute approximate surface area is 116 Å². The first-order valence-corrected chi connectivity index (χ1v) is 7.79. The summed E-state index contributed by atoms with van der Waals surface area (Å²) >= 11 is 0. The second-order valence-electron chi connectivity index (χ2n) is 6.20. The number of nitrogens with zero attached hydrogens (tertiary/aromatic N) is 2. The highest BCUT2D eigenvalue weighted by Gasteiger charge is 2.30. The van der Waals surface area contributed by atoms with Crippen LogP contribution < -0.4 is 0 Å². The van der Waals surface area contributed by atoms with E-state index in [4.69, 9.17) is 5.11 Å². The maximum atomic E-state index is 12.2. The molecule has 0 spiro atoms. The normalized spacial score (nSPS) is 20.8. The molecule has 0 bridgehead atoms. The van der Waals surface area contributed by atoms with Crippen molar-refractivity contribution in [2.75, 3.05) is 33.3 Å². The smallest absolute Gasteiger partial charge is 0.236 e. The van der Waals surface area contributed by atoms with Crippen molar-refractivity contribution in [2.24, 2.45) is 5.92 Å². The Kier molecular flexibility index (Phi) is 5.64. The summed E-state index contributed by atoms with van der Waals surface area (Å²) in [5.41, 5.74) is 0. The van der Waals surface area contributed by atoms with Gasteiger partial charge in [0.15, 0.2) is 0 Å². The van der Waals surface area contributed by atoms with E-state index in [0.717, 1.165) is 6.54 Å². The first-order chi connectivity index (χ1) is 9.20. The molecule has 0 unspecified atom stereocenters. The molecule has 110 valence electrons. The fourth-order valence-corrected chi connectivity index (χ4v) is 3.11. The van der Waals surface area contributed by atoms with E-state index >= 15 is 0 Å². The predicted octanol–water partition coefficient (Wildman–Crippen LogP) is 1.48. The monoisotopic (exact) mass is 268 g/mol. The second kappa shape index (κ2) is 7.25. The fraction of sp³-hybridized carbons (Fsp3) is 0.933. The van der Waals surface area contributed by atoms with E-state index in [0.29, 0.717) is 25.0 Å². The zero-order valence-electron chi connectivity index (χ0n) is 12.2. The summed E-state index contributed by atoms with van der Waals surface area (Å²) in [5.74, 6) is 0.917. The van der Waals surface area contributed by atoms with E-state index in [1.165, 1.54) is 44.9 Å². The number of aliphatic hydroxyl groups excluding tert-OH is 1.